The van der Waals surface area contributed by atoms with Crippen molar-refractivity contribution in [3.8, 4) is 5.75 Å². The van der Waals surface area contributed by atoms with E-state index >= 15 is 0 Å². The van der Waals surface area contributed by atoms with E-state index in [9.17, 15) is 22.8 Å². The third-order valence-corrected chi connectivity index (χ3v) is 4.41. The van der Waals surface area contributed by atoms with Crippen molar-refractivity contribution in [2.75, 3.05) is 13.1 Å². The van der Waals surface area contributed by atoms with Crippen LogP contribution in [0.15, 0.2) is 30.3 Å². The molecule has 10 heteroatoms. The van der Waals surface area contributed by atoms with Crippen LogP contribution in [0.2, 0.25) is 0 Å². The Morgan fingerprint density at radius 2 is 1.81 bits per heavy atom. The van der Waals surface area contributed by atoms with Crippen LogP contribution in [0.25, 0.3) is 0 Å². The van der Waals surface area contributed by atoms with Gasteiger partial charge in [0.2, 0.25) is 0 Å². The molecule has 0 saturated carbocycles. The van der Waals surface area contributed by atoms with Crippen LogP contribution in [0.5, 0.6) is 5.75 Å². The molecule has 1 saturated heterocycles. The first-order chi connectivity index (χ1) is 12.7. The molecule has 3 N–H and O–H groups in total. The van der Waals surface area contributed by atoms with E-state index in [1.165, 1.54) is 12.1 Å². The van der Waals surface area contributed by atoms with Gasteiger partial charge in [0.05, 0.1) is 0 Å². The van der Waals surface area contributed by atoms with Crippen LogP contribution in [-0.2, 0) is 0 Å². The largest absolute Gasteiger partial charge is 0.573 e. The molecule has 0 atom stereocenters. The molecule has 1 aromatic heterocycles. The molecule has 2 amide bonds. The van der Waals surface area contributed by atoms with Crippen LogP contribution in [0.1, 0.15) is 45.3 Å². The number of nitrogens with zero attached hydrogens (tertiary/aromatic N) is 2. The molecule has 27 heavy (non-hydrogen) atoms. The highest BCUT2D eigenvalue weighted by Crippen LogP contribution is 2.28. The Hall–Kier alpha value is -3.04. The van der Waals surface area contributed by atoms with Gasteiger partial charge in [-0.05, 0) is 43.2 Å². The Morgan fingerprint density at radius 1 is 1.19 bits per heavy atom. The van der Waals surface area contributed by atoms with Crippen LogP contribution in [-0.4, -0.2) is 46.4 Å². The number of hydrogen-bond acceptors (Lipinski definition) is 4. The second-order valence-electron chi connectivity index (χ2n) is 6.21. The number of alkyl halides is 3. The topological polar surface area (TPSA) is 101 Å². The van der Waals surface area contributed by atoms with E-state index in [1.54, 1.807) is 11.0 Å². The number of aromatic amines is 1. The van der Waals surface area contributed by atoms with E-state index in [4.69, 9.17) is 5.73 Å². The molecule has 0 radical (unpaired) electrons. The number of primary amides is 1. The van der Waals surface area contributed by atoms with Crippen LogP contribution >= 0.6 is 0 Å². The fraction of sp³-hybridized carbons (Fsp3) is 0.353. The molecule has 1 aliphatic heterocycles. The number of nitrogens with two attached hydrogens (primary N) is 1. The number of hydrogen-bond donors (Lipinski definition) is 2. The Bertz CT molecular complexity index is 825. The lowest BCUT2D eigenvalue weighted by molar-refractivity contribution is -0.274. The van der Waals surface area contributed by atoms with Gasteiger partial charge in [-0.2, -0.15) is 5.10 Å². The zero-order chi connectivity index (χ0) is 19.6. The SMILES string of the molecule is NC(=O)c1cc(C2CCN(C(=O)c3ccc(OC(F)(F)F)cc3)CC2)[nH]n1. The maximum Gasteiger partial charge on any atom is 0.573 e. The first-order valence-electron chi connectivity index (χ1n) is 8.23. The van der Waals surface area contributed by atoms with Crippen LogP contribution in [0, 0.1) is 0 Å². The van der Waals surface area contributed by atoms with Crippen LogP contribution < -0.4 is 10.5 Å². The van der Waals surface area contributed by atoms with Crippen molar-refractivity contribution < 1.29 is 27.5 Å². The first kappa shape index (κ1) is 18.7. The third-order valence-electron chi connectivity index (χ3n) is 4.41. The lowest BCUT2D eigenvalue weighted by atomic mass is 9.93. The second-order valence-corrected chi connectivity index (χ2v) is 6.21. The van der Waals surface area contributed by atoms with Crippen LogP contribution in [0.4, 0.5) is 13.2 Å². The second kappa shape index (κ2) is 7.29. The Labute approximate surface area is 152 Å². The molecule has 1 aliphatic rings. The van der Waals surface area contributed by atoms with E-state index in [0.29, 0.717) is 31.5 Å². The minimum absolute atomic E-state index is 0.122. The number of carbonyl (C=O) groups is 2. The number of carbonyl (C=O) groups excluding carboxylic acids is 2. The molecule has 0 bridgehead atoms. The summed E-state index contributed by atoms with van der Waals surface area (Å²) >= 11 is 0. The fourth-order valence-corrected chi connectivity index (χ4v) is 3.05. The molecule has 0 spiro atoms. The highest BCUT2D eigenvalue weighted by Gasteiger charge is 2.31. The standard InChI is InChI=1S/C17H17F3N4O3/c18-17(19,20)27-12-3-1-11(2-4-12)16(26)24-7-5-10(6-8-24)13-9-14(15(21)25)23-22-13/h1-4,9-10H,5-8H2,(H2,21,25)(H,22,23). The molecule has 3 rings (SSSR count). The molecule has 1 aromatic carbocycles. The van der Waals surface area contributed by atoms with Crippen LogP contribution in [0.3, 0.4) is 0 Å². The van der Waals surface area contributed by atoms with Gasteiger partial charge in [0.1, 0.15) is 11.4 Å². The van der Waals surface area contributed by atoms with Crippen molar-refractivity contribution in [3.63, 3.8) is 0 Å². The summed E-state index contributed by atoms with van der Waals surface area (Å²) in [6, 6.07) is 6.46. The van der Waals surface area contributed by atoms with Crippen molar-refractivity contribution in [1.29, 1.82) is 0 Å². The molecule has 7 nitrogen and oxygen atoms in total. The maximum absolute atomic E-state index is 12.5. The third kappa shape index (κ3) is 4.57. The number of likely N-dealkylation sites (tertiary alicyclic amines) is 1. The molecule has 0 unspecified atom stereocenters. The minimum Gasteiger partial charge on any atom is -0.406 e. The Kier molecular flexibility index (Phi) is 5.06. The van der Waals surface area contributed by atoms with E-state index in [1.807, 2.05) is 0 Å². The number of nitrogens with one attached hydrogen (secondary N) is 1. The molecule has 1 fully saturated rings. The predicted octanol–water partition coefficient (Wildman–Crippen LogP) is 2.43. The lowest BCUT2D eigenvalue weighted by Gasteiger charge is -2.31. The fourth-order valence-electron chi connectivity index (χ4n) is 3.05. The van der Waals surface area contributed by atoms with Crippen molar-refractivity contribution in [1.82, 2.24) is 15.1 Å². The highest BCUT2D eigenvalue weighted by atomic mass is 19.4. The summed E-state index contributed by atoms with van der Waals surface area (Å²) in [6.07, 6.45) is -3.43. The van der Waals surface area contributed by atoms with Gasteiger partial charge in [0.15, 0.2) is 0 Å². The number of halogens is 3. The maximum atomic E-state index is 12.5. The van der Waals surface area contributed by atoms with Crippen molar-refractivity contribution in [2.45, 2.75) is 25.1 Å². The molecular formula is C17H17F3N4O3. The average molecular weight is 382 g/mol. The smallest absolute Gasteiger partial charge is 0.406 e. The van der Waals surface area contributed by atoms with Gasteiger partial charge in [-0.3, -0.25) is 14.7 Å². The monoisotopic (exact) mass is 382 g/mol. The van der Waals surface area contributed by atoms with E-state index in [-0.39, 0.29) is 23.3 Å². The normalized spacial score (nSPS) is 15.6. The minimum atomic E-state index is -4.77. The van der Waals surface area contributed by atoms with Gasteiger partial charge in [-0.25, -0.2) is 0 Å². The average Bonchev–Trinajstić information content (AvgIpc) is 3.11. The Balaban J connectivity index is 1.58. The number of benzene rings is 1. The van der Waals surface area contributed by atoms with Gasteiger partial charge in [0, 0.05) is 30.3 Å². The number of piperidine rings is 1. The summed E-state index contributed by atoms with van der Waals surface area (Å²) in [5.41, 5.74) is 6.44. The van der Waals surface area contributed by atoms with E-state index < -0.39 is 12.3 Å². The van der Waals surface area contributed by atoms with Crippen molar-refractivity contribution >= 4 is 11.8 Å². The molecule has 2 heterocycles. The van der Waals surface area contributed by atoms with E-state index in [2.05, 4.69) is 14.9 Å². The Morgan fingerprint density at radius 3 is 2.33 bits per heavy atom. The summed E-state index contributed by atoms with van der Waals surface area (Å²) in [5.74, 6) is -1.11. The summed E-state index contributed by atoms with van der Waals surface area (Å²) < 4.78 is 40.3. The predicted molar refractivity (Wildman–Crippen MR) is 88.1 cm³/mol. The molecule has 2 aromatic rings. The lowest BCUT2D eigenvalue weighted by Crippen LogP contribution is -2.38. The van der Waals surface area contributed by atoms with Gasteiger partial charge in [-0.15, -0.1) is 13.2 Å². The van der Waals surface area contributed by atoms with Crippen molar-refractivity contribution in [2.24, 2.45) is 5.73 Å². The van der Waals surface area contributed by atoms with Gasteiger partial charge in [0.25, 0.3) is 11.8 Å². The molecule has 144 valence electrons. The van der Waals surface area contributed by atoms with Gasteiger partial charge in [-0.1, -0.05) is 0 Å². The first-order valence-corrected chi connectivity index (χ1v) is 8.23. The number of H-pyrrole nitrogens is 1. The summed E-state index contributed by atoms with van der Waals surface area (Å²) in [6.45, 7) is 0.963. The number of amides is 2. The highest BCUT2D eigenvalue weighted by molar-refractivity contribution is 5.94. The van der Waals surface area contributed by atoms with Crippen molar-refractivity contribution in [3.05, 3.63) is 47.3 Å². The quantitative estimate of drug-likeness (QED) is 0.848. The van der Waals surface area contributed by atoms with Gasteiger partial charge < -0.3 is 15.4 Å². The number of aromatic nitrogens is 2. The number of ether oxygens (including phenoxy) is 1. The molecule has 0 aliphatic carbocycles. The molecular weight excluding hydrogens is 365 g/mol. The zero-order valence-corrected chi connectivity index (χ0v) is 14.1. The zero-order valence-electron chi connectivity index (χ0n) is 14.1. The van der Waals surface area contributed by atoms with Gasteiger partial charge >= 0.3 is 6.36 Å². The summed E-state index contributed by atoms with van der Waals surface area (Å²) in [7, 11) is 0. The summed E-state index contributed by atoms with van der Waals surface area (Å²) in [4.78, 5) is 25.3. The summed E-state index contributed by atoms with van der Waals surface area (Å²) in [5, 5.41) is 6.65. The number of rotatable bonds is 4. The van der Waals surface area contributed by atoms with E-state index in [0.717, 1.165) is 17.8 Å².